The maximum atomic E-state index is 11.2. The number of carbonyl (C=O) groups is 1. The number of rotatable bonds is 5. The second kappa shape index (κ2) is 6.83. The van der Waals surface area contributed by atoms with Crippen molar-refractivity contribution in [3.63, 3.8) is 0 Å². The summed E-state index contributed by atoms with van der Waals surface area (Å²) in [5, 5.41) is 9.24. The second-order valence-electron chi connectivity index (χ2n) is 7.11. The van der Waals surface area contributed by atoms with Crippen molar-refractivity contribution >= 4 is 21.9 Å². The molecular weight excluding hydrogens is 380 g/mol. The highest BCUT2D eigenvalue weighted by Gasteiger charge is 2.34. The highest BCUT2D eigenvalue weighted by molar-refractivity contribution is 9.10. The number of ether oxygens (including phenoxy) is 1. The van der Waals surface area contributed by atoms with Crippen molar-refractivity contribution in [1.82, 2.24) is 0 Å². The molecule has 0 radical (unpaired) electrons. The van der Waals surface area contributed by atoms with Gasteiger partial charge in [-0.3, -0.25) is 4.79 Å². The van der Waals surface area contributed by atoms with E-state index in [4.69, 9.17) is 4.74 Å². The van der Waals surface area contributed by atoms with Crippen molar-refractivity contribution in [1.29, 1.82) is 0 Å². The highest BCUT2D eigenvalue weighted by Crippen LogP contribution is 2.46. The van der Waals surface area contributed by atoms with Crippen LogP contribution >= 0.6 is 15.9 Å². The molecule has 1 saturated carbocycles. The molecule has 1 aliphatic heterocycles. The Morgan fingerprint density at radius 3 is 2.60 bits per heavy atom. The standard InChI is InChI=1S/C21H21BrO3/c22-17-8-5-14(6-9-17)19-10-7-15-3-4-16(11-20(15)25-19)18(12-21(23)24)13-1-2-13/h3-6,8-9,11,13,18-19H,1-2,7,10,12H2,(H,23,24)/t18-,19?/m0/s1. The van der Waals surface area contributed by atoms with Crippen LogP contribution in [0.5, 0.6) is 5.75 Å². The quantitative estimate of drug-likeness (QED) is 0.721. The van der Waals surface area contributed by atoms with Crippen LogP contribution in [0.3, 0.4) is 0 Å². The Bertz CT molecular complexity index is 780. The predicted octanol–water partition coefficient (Wildman–Crippen LogP) is 5.48. The molecule has 4 heteroatoms. The van der Waals surface area contributed by atoms with E-state index in [1.54, 1.807) is 0 Å². The maximum absolute atomic E-state index is 11.2. The lowest BCUT2D eigenvalue weighted by molar-refractivity contribution is -0.137. The summed E-state index contributed by atoms with van der Waals surface area (Å²) >= 11 is 3.47. The Kier molecular flexibility index (Phi) is 4.55. The first kappa shape index (κ1) is 16.6. The molecule has 2 atom stereocenters. The zero-order valence-electron chi connectivity index (χ0n) is 14.0. The molecule has 25 heavy (non-hydrogen) atoms. The topological polar surface area (TPSA) is 46.5 Å². The Morgan fingerprint density at radius 2 is 1.92 bits per heavy atom. The van der Waals surface area contributed by atoms with Crippen molar-refractivity contribution in [2.45, 2.75) is 44.1 Å². The number of aryl methyl sites for hydroxylation is 1. The lowest BCUT2D eigenvalue weighted by atomic mass is 9.88. The minimum atomic E-state index is -0.719. The van der Waals surface area contributed by atoms with Gasteiger partial charge in [0.1, 0.15) is 11.9 Å². The number of aliphatic carboxylic acids is 1. The third-order valence-corrected chi connectivity index (χ3v) is 5.82. The molecule has 2 aromatic rings. The molecule has 0 amide bonds. The Labute approximate surface area is 156 Å². The van der Waals surface area contributed by atoms with E-state index in [-0.39, 0.29) is 18.4 Å². The average Bonchev–Trinajstić information content (AvgIpc) is 3.44. The van der Waals surface area contributed by atoms with E-state index in [0.717, 1.165) is 41.5 Å². The normalized spacial score (nSPS) is 20.4. The van der Waals surface area contributed by atoms with Crippen LogP contribution in [0.1, 0.15) is 54.4 Å². The number of hydrogen-bond acceptors (Lipinski definition) is 2. The molecule has 3 nitrogen and oxygen atoms in total. The van der Waals surface area contributed by atoms with Crippen LogP contribution in [0.2, 0.25) is 0 Å². The molecule has 0 spiro atoms. The summed E-state index contributed by atoms with van der Waals surface area (Å²) in [7, 11) is 0. The van der Waals surface area contributed by atoms with E-state index in [0.29, 0.717) is 5.92 Å². The van der Waals surface area contributed by atoms with Crippen molar-refractivity contribution < 1.29 is 14.6 Å². The number of benzene rings is 2. The van der Waals surface area contributed by atoms with E-state index in [1.807, 2.05) is 12.1 Å². The molecule has 1 aliphatic carbocycles. The molecule has 130 valence electrons. The van der Waals surface area contributed by atoms with Gasteiger partial charge in [-0.2, -0.15) is 0 Å². The largest absolute Gasteiger partial charge is 0.485 e. The first-order valence-corrected chi connectivity index (χ1v) is 9.66. The van der Waals surface area contributed by atoms with E-state index in [2.05, 4.69) is 46.3 Å². The lowest BCUT2D eigenvalue weighted by Crippen LogP contribution is -2.16. The molecule has 2 aliphatic rings. The third-order valence-electron chi connectivity index (χ3n) is 5.29. The fourth-order valence-corrected chi connectivity index (χ4v) is 4.04. The first-order chi connectivity index (χ1) is 12.1. The van der Waals surface area contributed by atoms with Gasteiger partial charge in [-0.25, -0.2) is 0 Å². The Balaban J connectivity index is 1.58. The smallest absolute Gasteiger partial charge is 0.303 e. The molecule has 4 rings (SSSR count). The number of hydrogen-bond donors (Lipinski definition) is 1. The highest BCUT2D eigenvalue weighted by atomic mass is 79.9. The van der Waals surface area contributed by atoms with Gasteiger partial charge in [-0.05, 0) is 72.4 Å². The van der Waals surface area contributed by atoms with E-state index >= 15 is 0 Å². The van der Waals surface area contributed by atoms with Gasteiger partial charge in [0.2, 0.25) is 0 Å². The molecule has 2 aromatic carbocycles. The minimum Gasteiger partial charge on any atom is -0.485 e. The van der Waals surface area contributed by atoms with E-state index in [1.165, 1.54) is 11.1 Å². The van der Waals surface area contributed by atoms with Crippen molar-refractivity contribution in [2.75, 3.05) is 0 Å². The summed E-state index contributed by atoms with van der Waals surface area (Å²) in [4.78, 5) is 11.2. The number of halogens is 1. The van der Waals surface area contributed by atoms with Crippen molar-refractivity contribution in [3.05, 3.63) is 63.6 Å². The summed E-state index contributed by atoms with van der Waals surface area (Å²) in [5.74, 6) is 0.829. The fourth-order valence-electron chi connectivity index (χ4n) is 3.77. The molecule has 1 heterocycles. The van der Waals surface area contributed by atoms with Gasteiger partial charge in [-0.1, -0.05) is 40.2 Å². The number of carboxylic acid groups (broad SMARTS) is 1. The first-order valence-electron chi connectivity index (χ1n) is 8.87. The van der Waals surface area contributed by atoms with Crippen molar-refractivity contribution in [3.8, 4) is 5.75 Å². The fraction of sp³-hybridized carbons (Fsp3) is 0.381. The molecular formula is C21H21BrO3. The van der Waals surface area contributed by atoms with Crippen LogP contribution in [0, 0.1) is 5.92 Å². The monoisotopic (exact) mass is 400 g/mol. The summed E-state index contributed by atoms with van der Waals surface area (Å²) in [6, 6.07) is 14.6. The van der Waals surface area contributed by atoms with Crippen LogP contribution in [-0.2, 0) is 11.2 Å². The zero-order chi connectivity index (χ0) is 17.4. The summed E-state index contributed by atoms with van der Waals surface area (Å²) in [6.07, 6.45) is 4.50. The van der Waals surface area contributed by atoms with Crippen LogP contribution < -0.4 is 4.74 Å². The van der Waals surface area contributed by atoms with Gasteiger partial charge in [0.15, 0.2) is 0 Å². The zero-order valence-corrected chi connectivity index (χ0v) is 15.5. The average molecular weight is 401 g/mol. The van der Waals surface area contributed by atoms with E-state index in [9.17, 15) is 9.90 Å². The molecule has 1 unspecified atom stereocenters. The van der Waals surface area contributed by atoms with Crippen LogP contribution in [0.25, 0.3) is 0 Å². The molecule has 0 bridgehead atoms. The van der Waals surface area contributed by atoms with Gasteiger partial charge >= 0.3 is 5.97 Å². The van der Waals surface area contributed by atoms with Gasteiger partial charge in [0, 0.05) is 4.47 Å². The Morgan fingerprint density at radius 1 is 1.16 bits per heavy atom. The molecule has 1 N–H and O–H groups in total. The summed E-state index contributed by atoms with van der Waals surface area (Å²) in [6.45, 7) is 0. The summed E-state index contributed by atoms with van der Waals surface area (Å²) in [5.41, 5.74) is 3.52. The number of fused-ring (bicyclic) bond motifs is 1. The molecule has 0 saturated heterocycles. The van der Waals surface area contributed by atoms with Crippen LogP contribution in [0.4, 0.5) is 0 Å². The predicted molar refractivity (Wildman–Crippen MR) is 100.0 cm³/mol. The third kappa shape index (κ3) is 3.74. The SMILES string of the molecule is O=C(O)C[C@H](c1ccc2c(c1)OC(c1ccc(Br)cc1)CC2)C1CC1. The van der Waals surface area contributed by atoms with Crippen LogP contribution in [0.15, 0.2) is 46.9 Å². The molecule has 1 fully saturated rings. The van der Waals surface area contributed by atoms with Gasteiger partial charge in [0.25, 0.3) is 0 Å². The lowest BCUT2D eigenvalue weighted by Gasteiger charge is -2.28. The molecule has 0 aromatic heterocycles. The number of carboxylic acids is 1. The summed E-state index contributed by atoms with van der Waals surface area (Å²) < 4.78 is 7.36. The maximum Gasteiger partial charge on any atom is 0.303 e. The van der Waals surface area contributed by atoms with Gasteiger partial charge in [-0.15, -0.1) is 0 Å². The minimum absolute atomic E-state index is 0.0645. The Hall–Kier alpha value is -1.81. The second-order valence-corrected chi connectivity index (χ2v) is 8.02. The van der Waals surface area contributed by atoms with Crippen LogP contribution in [-0.4, -0.2) is 11.1 Å². The van der Waals surface area contributed by atoms with Gasteiger partial charge in [0.05, 0.1) is 6.42 Å². The van der Waals surface area contributed by atoms with E-state index < -0.39 is 5.97 Å². The van der Waals surface area contributed by atoms with Crippen molar-refractivity contribution in [2.24, 2.45) is 5.92 Å². The van der Waals surface area contributed by atoms with Gasteiger partial charge < -0.3 is 9.84 Å².